The van der Waals surface area contributed by atoms with Gasteiger partial charge in [-0.3, -0.25) is 4.79 Å². The zero-order valence-corrected chi connectivity index (χ0v) is 16.1. The molecule has 1 unspecified atom stereocenters. The van der Waals surface area contributed by atoms with E-state index in [9.17, 15) is 9.90 Å². The van der Waals surface area contributed by atoms with Gasteiger partial charge in [0.05, 0.1) is 6.04 Å². The highest BCUT2D eigenvalue weighted by atomic mass is 16.3. The van der Waals surface area contributed by atoms with Gasteiger partial charge in [-0.2, -0.15) is 0 Å². The number of amides is 1. The lowest BCUT2D eigenvalue weighted by atomic mass is 9.86. The summed E-state index contributed by atoms with van der Waals surface area (Å²) >= 11 is 0. The number of benzene rings is 1. The highest BCUT2D eigenvalue weighted by molar-refractivity contribution is 6.12. The van der Waals surface area contributed by atoms with E-state index in [2.05, 4.69) is 23.8 Å². The Morgan fingerprint density at radius 3 is 2.46 bits per heavy atom. The Labute approximate surface area is 158 Å². The van der Waals surface area contributed by atoms with E-state index in [1.165, 1.54) is 0 Å². The van der Waals surface area contributed by atoms with Crippen LogP contribution in [0, 0.1) is 0 Å². The van der Waals surface area contributed by atoms with Crippen molar-refractivity contribution in [3.63, 3.8) is 0 Å². The van der Waals surface area contributed by atoms with Gasteiger partial charge in [-0.15, -0.1) is 0 Å². The number of aliphatic hydroxyl groups is 1. The minimum atomic E-state index is -0.480. The van der Waals surface area contributed by atoms with Crippen molar-refractivity contribution in [2.45, 2.75) is 50.9 Å². The number of anilines is 1. The fraction of sp³-hybridized carbons (Fsp3) is 0.450. The summed E-state index contributed by atoms with van der Waals surface area (Å²) in [6.07, 6.45) is 3.84. The van der Waals surface area contributed by atoms with Gasteiger partial charge in [0.1, 0.15) is 13.6 Å². The molecule has 26 heavy (non-hydrogen) atoms. The zero-order valence-electron chi connectivity index (χ0n) is 16.1. The molecule has 0 radical (unpaired) electrons. The Morgan fingerprint density at radius 1 is 1.27 bits per heavy atom. The molecule has 0 aromatic heterocycles. The van der Waals surface area contributed by atoms with Crippen molar-refractivity contribution in [1.82, 2.24) is 5.32 Å². The van der Waals surface area contributed by atoms with Crippen LogP contribution in [0.3, 0.4) is 0 Å². The molecular weight excluding hydrogens is 325 g/mol. The van der Waals surface area contributed by atoms with Gasteiger partial charge in [0.2, 0.25) is 5.91 Å². The molecule has 1 amide bonds. The monoisotopic (exact) mass is 357 g/mol. The van der Waals surface area contributed by atoms with Crippen molar-refractivity contribution in [3.05, 3.63) is 54.4 Å². The maximum Gasteiger partial charge on any atom is 0.220 e. The van der Waals surface area contributed by atoms with Crippen LogP contribution in [0.2, 0.25) is 5.82 Å². The fourth-order valence-electron chi connectivity index (χ4n) is 2.59. The second-order valence-corrected chi connectivity index (χ2v) is 7.08. The van der Waals surface area contributed by atoms with Gasteiger partial charge in [-0.05, 0) is 49.9 Å². The Balaban J connectivity index is 2.58. The molecule has 0 spiro atoms. The predicted molar refractivity (Wildman–Crippen MR) is 112 cm³/mol. The van der Waals surface area contributed by atoms with Crippen LogP contribution in [0.5, 0.6) is 0 Å². The van der Waals surface area contributed by atoms with Crippen molar-refractivity contribution in [1.29, 1.82) is 0 Å². The van der Waals surface area contributed by atoms with Gasteiger partial charge in [-0.1, -0.05) is 38.0 Å². The number of nitrogens with two attached hydrogens (primary N) is 1. The van der Waals surface area contributed by atoms with E-state index in [4.69, 9.17) is 5.73 Å². The van der Waals surface area contributed by atoms with Gasteiger partial charge in [-0.25, -0.2) is 0 Å². The van der Waals surface area contributed by atoms with Crippen molar-refractivity contribution in [3.8, 4) is 0 Å². The molecule has 0 bridgehead atoms. The molecule has 5 nitrogen and oxygen atoms in total. The maximum absolute atomic E-state index is 12.0. The number of nitrogens with one attached hydrogen (secondary N) is 2. The fourth-order valence-corrected chi connectivity index (χ4v) is 2.59. The van der Waals surface area contributed by atoms with E-state index in [0.717, 1.165) is 36.2 Å². The topological polar surface area (TPSA) is 87.4 Å². The van der Waals surface area contributed by atoms with E-state index in [1.807, 2.05) is 39.0 Å². The van der Waals surface area contributed by atoms with Gasteiger partial charge in [0.15, 0.2) is 0 Å². The SMILES string of the molecule is BC(C)CC(=O)N[C@@H](Cc1ccc(NC(=C)CCCCN)cc1)C(=C)O. The van der Waals surface area contributed by atoms with Gasteiger partial charge >= 0.3 is 0 Å². The molecule has 0 aliphatic carbocycles. The molecule has 0 heterocycles. The Bertz CT molecular complexity index is 600. The lowest BCUT2D eigenvalue weighted by molar-refractivity contribution is -0.121. The molecular formula is C20H32BN3O2. The van der Waals surface area contributed by atoms with Crippen LogP contribution < -0.4 is 16.4 Å². The lowest BCUT2D eigenvalue weighted by Crippen LogP contribution is -2.38. The largest absolute Gasteiger partial charge is 0.511 e. The first kappa shape index (κ1) is 21.8. The van der Waals surface area contributed by atoms with Crippen LogP contribution in [0.1, 0.15) is 38.2 Å². The minimum absolute atomic E-state index is 0.0300. The summed E-state index contributed by atoms with van der Waals surface area (Å²) in [6, 6.07) is 7.40. The van der Waals surface area contributed by atoms with Crippen LogP contribution in [-0.2, 0) is 11.2 Å². The van der Waals surface area contributed by atoms with E-state index < -0.39 is 6.04 Å². The number of hydrogen-bond donors (Lipinski definition) is 4. The molecule has 0 aliphatic rings. The molecule has 6 heteroatoms. The van der Waals surface area contributed by atoms with Crippen LogP contribution in [0.25, 0.3) is 0 Å². The van der Waals surface area contributed by atoms with Crippen molar-refractivity contribution in [2.75, 3.05) is 11.9 Å². The lowest BCUT2D eigenvalue weighted by Gasteiger charge is -2.19. The molecule has 5 N–H and O–H groups in total. The second-order valence-electron chi connectivity index (χ2n) is 7.08. The Kier molecular flexibility index (Phi) is 9.59. The summed E-state index contributed by atoms with van der Waals surface area (Å²) < 4.78 is 0. The van der Waals surface area contributed by atoms with Crippen molar-refractivity contribution >= 4 is 19.4 Å². The first-order chi connectivity index (χ1) is 12.3. The number of aliphatic hydroxyl groups excluding tert-OH is 1. The first-order valence-electron chi connectivity index (χ1n) is 9.22. The van der Waals surface area contributed by atoms with Crippen LogP contribution in [0.4, 0.5) is 5.69 Å². The molecule has 0 aliphatic heterocycles. The molecule has 0 fully saturated rings. The Morgan fingerprint density at radius 2 is 1.92 bits per heavy atom. The van der Waals surface area contributed by atoms with E-state index in [-0.39, 0.29) is 17.5 Å². The third-order valence-corrected chi connectivity index (χ3v) is 3.98. The summed E-state index contributed by atoms with van der Waals surface area (Å²) in [5, 5.41) is 15.9. The molecule has 0 saturated heterocycles. The standard InChI is InChI=1S/C20H32BN3O2/c1-14(21)12-20(26)24-19(16(3)25)13-17-7-9-18(10-8-17)23-15(2)6-4-5-11-22/h7-10,14,19,23,25H,2-6,11-13,21-22H2,1H3,(H,24,26)/t14?,19-/m0/s1. The Hall–Kier alpha value is -2.21. The number of carbonyl (C=O) groups is 1. The van der Waals surface area contributed by atoms with Crippen LogP contribution >= 0.6 is 0 Å². The average Bonchev–Trinajstić information content (AvgIpc) is 2.55. The number of allylic oxidation sites excluding steroid dienone is 1. The quantitative estimate of drug-likeness (QED) is 0.263. The van der Waals surface area contributed by atoms with E-state index in [0.29, 0.717) is 19.4 Å². The number of rotatable bonds is 12. The van der Waals surface area contributed by atoms with Crippen molar-refractivity contribution < 1.29 is 9.90 Å². The third kappa shape index (κ3) is 8.76. The van der Waals surface area contributed by atoms with Gasteiger partial charge in [0, 0.05) is 17.8 Å². The molecule has 1 aromatic carbocycles. The molecule has 1 aromatic rings. The maximum atomic E-state index is 12.0. The predicted octanol–water partition coefficient (Wildman–Crippen LogP) is 2.67. The van der Waals surface area contributed by atoms with Crippen LogP contribution in [0.15, 0.2) is 48.9 Å². The molecule has 0 saturated carbocycles. The normalized spacial score (nSPS) is 12.8. The number of hydrogen-bond acceptors (Lipinski definition) is 4. The van der Waals surface area contributed by atoms with Crippen LogP contribution in [-0.4, -0.2) is 31.4 Å². The molecule has 2 atom stereocenters. The average molecular weight is 357 g/mol. The first-order valence-corrected chi connectivity index (χ1v) is 9.22. The summed E-state index contributed by atoms with van der Waals surface area (Å²) in [7, 11) is 1.98. The summed E-state index contributed by atoms with van der Waals surface area (Å²) in [4.78, 5) is 12.0. The second kappa shape index (κ2) is 11.4. The summed E-state index contributed by atoms with van der Waals surface area (Å²) in [5.41, 5.74) is 8.44. The smallest absolute Gasteiger partial charge is 0.220 e. The highest BCUT2D eigenvalue weighted by Crippen LogP contribution is 2.16. The summed E-state index contributed by atoms with van der Waals surface area (Å²) in [6.45, 7) is 10.3. The molecule has 1 rings (SSSR count). The number of carbonyl (C=O) groups excluding carboxylic acids is 1. The van der Waals surface area contributed by atoms with Crippen molar-refractivity contribution in [2.24, 2.45) is 5.73 Å². The number of unbranched alkanes of at least 4 members (excludes halogenated alkanes) is 1. The summed E-state index contributed by atoms with van der Waals surface area (Å²) in [5.74, 6) is 0.163. The highest BCUT2D eigenvalue weighted by Gasteiger charge is 2.16. The van der Waals surface area contributed by atoms with Gasteiger partial charge in [0.25, 0.3) is 0 Å². The third-order valence-electron chi connectivity index (χ3n) is 3.98. The van der Waals surface area contributed by atoms with E-state index in [1.54, 1.807) is 0 Å². The molecule has 142 valence electrons. The van der Waals surface area contributed by atoms with E-state index >= 15 is 0 Å². The minimum Gasteiger partial charge on any atom is -0.511 e. The van der Waals surface area contributed by atoms with Gasteiger partial charge < -0.3 is 21.5 Å². The zero-order chi connectivity index (χ0) is 19.5.